The highest BCUT2D eigenvalue weighted by Crippen LogP contribution is 1.92. The van der Waals surface area contributed by atoms with Crippen LogP contribution in [0.2, 0.25) is 0 Å². The molecule has 1 aliphatic heterocycles. The van der Waals surface area contributed by atoms with Gasteiger partial charge in [0.25, 0.3) is 0 Å². The van der Waals surface area contributed by atoms with Gasteiger partial charge < -0.3 is 0 Å². The summed E-state index contributed by atoms with van der Waals surface area (Å²) in [5.41, 5.74) is 0. The molecule has 0 aromatic rings. The Balaban J connectivity index is 2.59. The summed E-state index contributed by atoms with van der Waals surface area (Å²) in [6, 6.07) is -0.204. The second-order valence-corrected chi connectivity index (χ2v) is 1.34. The van der Waals surface area contributed by atoms with Crippen LogP contribution in [0.15, 0.2) is 0 Å². The van der Waals surface area contributed by atoms with Gasteiger partial charge in [0.15, 0.2) is 0 Å². The summed E-state index contributed by atoms with van der Waals surface area (Å²) in [6.07, 6.45) is 0. The van der Waals surface area contributed by atoms with E-state index < -0.39 is 0 Å². The third-order valence-electron chi connectivity index (χ3n) is 0.865. The standard InChI is InChI=1S/C3H5N3O/c1-6-2(4)5-3(6)7/h1H3,(H2,4,5,7). The highest BCUT2D eigenvalue weighted by Gasteiger charge is 2.24. The minimum Gasteiger partial charge on any atom is -0.277 e. The molecule has 0 unspecified atom stereocenters. The second-order valence-electron chi connectivity index (χ2n) is 1.34. The van der Waals surface area contributed by atoms with Crippen LogP contribution < -0.4 is 5.32 Å². The first-order valence-electron chi connectivity index (χ1n) is 1.85. The third-order valence-corrected chi connectivity index (χ3v) is 0.865. The lowest BCUT2D eigenvalue weighted by molar-refractivity contribution is 0.218. The third kappa shape index (κ3) is 0.357. The van der Waals surface area contributed by atoms with Gasteiger partial charge in [0.05, 0.1) is 0 Å². The van der Waals surface area contributed by atoms with Crippen LogP contribution in [-0.2, 0) is 0 Å². The van der Waals surface area contributed by atoms with Gasteiger partial charge >= 0.3 is 6.03 Å². The molecule has 4 nitrogen and oxygen atoms in total. The largest absolute Gasteiger partial charge is 0.330 e. The van der Waals surface area contributed by atoms with Crippen LogP contribution in [-0.4, -0.2) is 23.9 Å². The molecular formula is C3H5N3O. The maximum absolute atomic E-state index is 10.1. The lowest BCUT2D eigenvalue weighted by Gasteiger charge is -2.27. The topological polar surface area (TPSA) is 56.2 Å². The Hall–Kier alpha value is -1.06. The van der Waals surface area contributed by atoms with Crippen LogP contribution in [0.3, 0.4) is 0 Å². The summed E-state index contributed by atoms with van der Waals surface area (Å²) in [5, 5.41) is 8.99. The molecule has 0 bridgehead atoms. The van der Waals surface area contributed by atoms with E-state index in [-0.39, 0.29) is 12.0 Å². The molecule has 1 fully saturated rings. The molecule has 0 aliphatic carbocycles. The zero-order valence-corrected chi connectivity index (χ0v) is 3.86. The van der Waals surface area contributed by atoms with Crippen molar-refractivity contribution in [1.82, 2.24) is 10.2 Å². The van der Waals surface area contributed by atoms with E-state index in [0.29, 0.717) is 0 Å². The normalized spacial score (nSPS) is 18.7. The Morgan fingerprint density at radius 3 is 2.43 bits per heavy atom. The highest BCUT2D eigenvalue weighted by molar-refractivity contribution is 6.12. The summed E-state index contributed by atoms with van der Waals surface area (Å²) in [4.78, 5) is 11.3. The number of carbonyl (C=O) groups is 1. The number of nitrogens with zero attached hydrogens (tertiary/aromatic N) is 1. The van der Waals surface area contributed by atoms with Crippen LogP contribution in [0.25, 0.3) is 0 Å². The van der Waals surface area contributed by atoms with E-state index in [4.69, 9.17) is 5.41 Å². The fraction of sp³-hybridized carbons (Fsp3) is 0.333. The first kappa shape index (κ1) is 4.11. The molecule has 0 radical (unpaired) electrons. The van der Waals surface area contributed by atoms with E-state index >= 15 is 0 Å². The summed E-state index contributed by atoms with van der Waals surface area (Å²) in [5.74, 6) is 0.171. The number of guanidine groups is 1. The van der Waals surface area contributed by atoms with Gasteiger partial charge in [-0.3, -0.25) is 15.6 Å². The van der Waals surface area contributed by atoms with Gasteiger partial charge in [-0.2, -0.15) is 0 Å². The van der Waals surface area contributed by atoms with E-state index in [1.807, 2.05) is 0 Å². The molecule has 1 saturated heterocycles. The molecule has 1 aliphatic rings. The van der Waals surface area contributed by atoms with Crippen LogP contribution >= 0.6 is 0 Å². The van der Waals surface area contributed by atoms with E-state index in [9.17, 15) is 4.79 Å². The molecule has 1 heterocycles. The van der Waals surface area contributed by atoms with Crippen molar-refractivity contribution in [3.8, 4) is 0 Å². The minimum atomic E-state index is -0.204. The maximum atomic E-state index is 10.1. The molecule has 7 heavy (non-hydrogen) atoms. The molecule has 0 aromatic heterocycles. The SMILES string of the molecule is CN1C(=N)NC1=O. The molecule has 4 heteroatoms. The van der Waals surface area contributed by atoms with Gasteiger partial charge in [-0.05, 0) is 0 Å². The van der Waals surface area contributed by atoms with E-state index in [1.54, 1.807) is 7.05 Å². The van der Waals surface area contributed by atoms with Crippen molar-refractivity contribution >= 4 is 12.0 Å². The van der Waals surface area contributed by atoms with E-state index in [1.165, 1.54) is 4.90 Å². The Bertz CT molecular complexity index is 116. The quantitative estimate of drug-likeness (QED) is 0.425. The molecular weight excluding hydrogens is 94.1 g/mol. The lowest BCUT2D eigenvalue weighted by Crippen LogP contribution is -2.59. The Morgan fingerprint density at radius 2 is 2.43 bits per heavy atom. The molecule has 0 aromatic carbocycles. The zero-order chi connectivity index (χ0) is 5.44. The second kappa shape index (κ2) is 0.959. The fourth-order valence-corrected chi connectivity index (χ4v) is 0.318. The van der Waals surface area contributed by atoms with Crippen LogP contribution in [0.5, 0.6) is 0 Å². The molecule has 0 spiro atoms. The van der Waals surface area contributed by atoms with Crippen molar-refractivity contribution in [3.05, 3.63) is 0 Å². The average Bonchev–Trinajstić information content (AvgIpc) is 1.68. The molecule has 2 amide bonds. The minimum absolute atomic E-state index is 0.171. The van der Waals surface area contributed by atoms with Crippen LogP contribution in [0, 0.1) is 5.41 Å². The number of rotatable bonds is 0. The lowest BCUT2D eigenvalue weighted by atomic mass is 10.6. The van der Waals surface area contributed by atoms with Crippen molar-refractivity contribution in [3.63, 3.8) is 0 Å². The first-order valence-corrected chi connectivity index (χ1v) is 1.85. The van der Waals surface area contributed by atoms with Gasteiger partial charge in [-0.25, -0.2) is 4.79 Å². The van der Waals surface area contributed by atoms with Crippen molar-refractivity contribution < 1.29 is 4.79 Å². The zero-order valence-electron chi connectivity index (χ0n) is 3.86. The van der Waals surface area contributed by atoms with E-state index in [0.717, 1.165) is 0 Å². The Morgan fingerprint density at radius 1 is 1.86 bits per heavy atom. The maximum Gasteiger partial charge on any atom is 0.330 e. The van der Waals surface area contributed by atoms with Gasteiger partial charge in [0.2, 0.25) is 5.96 Å². The number of hydrogen-bond donors (Lipinski definition) is 2. The van der Waals surface area contributed by atoms with Crippen molar-refractivity contribution in [2.45, 2.75) is 0 Å². The smallest absolute Gasteiger partial charge is 0.277 e. The average molecular weight is 99.1 g/mol. The molecule has 0 atom stereocenters. The number of nitrogens with one attached hydrogen (secondary N) is 2. The summed E-state index contributed by atoms with van der Waals surface area (Å²) in [6.45, 7) is 0. The van der Waals surface area contributed by atoms with Gasteiger partial charge in [0.1, 0.15) is 0 Å². The predicted octanol–water partition coefficient (Wildman–Crippen LogP) is -0.424. The molecule has 2 N–H and O–H groups in total. The fourth-order valence-electron chi connectivity index (χ4n) is 0.318. The monoisotopic (exact) mass is 99.0 g/mol. The molecule has 0 saturated carbocycles. The van der Waals surface area contributed by atoms with Crippen molar-refractivity contribution in [2.24, 2.45) is 0 Å². The molecule has 38 valence electrons. The first-order chi connectivity index (χ1) is 3.22. The molecule has 1 rings (SSSR count). The number of urea groups is 1. The summed E-state index contributed by atoms with van der Waals surface area (Å²) in [7, 11) is 1.54. The Kier molecular flexibility index (Phi) is 0.563. The van der Waals surface area contributed by atoms with Crippen molar-refractivity contribution in [2.75, 3.05) is 7.05 Å². The van der Waals surface area contributed by atoms with E-state index in [2.05, 4.69) is 5.32 Å². The van der Waals surface area contributed by atoms with Crippen LogP contribution in [0.1, 0.15) is 0 Å². The summed E-state index contributed by atoms with van der Waals surface area (Å²) < 4.78 is 0. The van der Waals surface area contributed by atoms with Gasteiger partial charge in [-0.15, -0.1) is 0 Å². The number of hydrogen-bond acceptors (Lipinski definition) is 2. The Labute approximate surface area is 40.6 Å². The van der Waals surface area contributed by atoms with Crippen LogP contribution in [0.4, 0.5) is 4.79 Å². The predicted molar refractivity (Wildman–Crippen MR) is 24.0 cm³/mol. The van der Waals surface area contributed by atoms with Gasteiger partial charge in [0, 0.05) is 7.05 Å². The van der Waals surface area contributed by atoms with Crippen molar-refractivity contribution in [1.29, 1.82) is 5.41 Å². The summed E-state index contributed by atoms with van der Waals surface area (Å²) >= 11 is 0. The number of carbonyl (C=O) groups excluding carboxylic acids is 1. The van der Waals surface area contributed by atoms with Gasteiger partial charge in [-0.1, -0.05) is 0 Å². The highest BCUT2D eigenvalue weighted by atomic mass is 16.2. The number of amides is 2.